The summed E-state index contributed by atoms with van der Waals surface area (Å²) in [4.78, 5) is 10.9. The second-order valence-corrected chi connectivity index (χ2v) is 8.35. The number of nitrogens with two attached hydrogens (primary N) is 1. The summed E-state index contributed by atoms with van der Waals surface area (Å²) in [5, 5.41) is 0. The number of carbonyl (C=O) groups is 1. The topological polar surface area (TPSA) is 70.8 Å². The molecule has 0 radical (unpaired) electrons. The predicted molar refractivity (Wildman–Crippen MR) is 85.7 cm³/mol. The van der Waals surface area contributed by atoms with E-state index in [9.17, 15) is 4.79 Å². The fourth-order valence-electron chi connectivity index (χ4n) is 1.73. The Hall–Kier alpha value is -0.0831. The molecule has 0 aliphatic rings. The molecular weight excluding hydrogens is 294 g/mol. The number of hydrogen-bond donors (Lipinski definition) is 1. The standard InChI is InChI=1S/C13H29NO4SSi/c1-5-16-20(17-6-2,18-7-3)10-8-9-19-11-12(4)13(14)15/h12H,5-11H2,1-4H3,(H2,14,15). The minimum Gasteiger partial charge on any atom is -0.374 e. The maximum atomic E-state index is 10.9. The van der Waals surface area contributed by atoms with Crippen LogP contribution in [0.25, 0.3) is 0 Å². The highest BCUT2D eigenvalue weighted by atomic mass is 32.2. The van der Waals surface area contributed by atoms with Gasteiger partial charge in [-0.05, 0) is 32.9 Å². The van der Waals surface area contributed by atoms with E-state index in [4.69, 9.17) is 19.0 Å². The van der Waals surface area contributed by atoms with Gasteiger partial charge in [0.15, 0.2) is 0 Å². The van der Waals surface area contributed by atoms with E-state index in [0.29, 0.717) is 19.8 Å². The van der Waals surface area contributed by atoms with Crippen molar-refractivity contribution in [2.45, 2.75) is 40.2 Å². The fraction of sp³-hybridized carbons (Fsp3) is 0.923. The van der Waals surface area contributed by atoms with Crippen molar-refractivity contribution in [1.29, 1.82) is 0 Å². The van der Waals surface area contributed by atoms with Gasteiger partial charge in [0.25, 0.3) is 0 Å². The van der Waals surface area contributed by atoms with E-state index in [2.05, 4.69) is 0 Å². The van der Waals surface area contributed by atoms with Crippen LogP contribution in [0, 0.1) is 5.92 Å². The molecule has 0 saturated heterocycles. The van der Waals surface area contributed by atoms with Gasteiger partial charge in [0, 0.05) is 37.5 Å². The Morgan fingerprint density at radius 2 is 1.65 bits per heavy atom. The van der Waals surface area contributed by atoms with Crippen LogP contribution < -0.4 is 5.73 Å². The van der Waals surface area contributed by atoms with Crippen LogP contribution in [-0.2, 0) is 18.1 Å². The molecule has 1 unspecified atom stereocenters. The molecule has 0 aromatic carbocycles. The van der Waals surface area contributed by atoms with E-state index in [1.807, 2.05) is 27.7 Å². The zero-order valence-electron chi connectivity index (χ0n) is 13.1. The maximum Gasteiger partial charge on any atom is 0.500 e. The van der Waals surface area contributed by atoms with Gasteiger partial charge in [-0.25, -0.2) is 0 Å². The van der Waals surface area contributed by atoms with Gasteiger partial charge >= 0.3 is 8.80 Å². The Morgan fingerprint density at radius 1 is 1.15 bits per heavy atom. The highest BCUT2D eigenvalue weighted by Gasteiger charge is 2.39. The van der Waals surface area contributed by atoms with Crippen LogP contribution in [0.2, 0.25) is 6.04 Å². The van der Waals surface area contributed by atoms with E-state index in [1.54, 1.807) is 11.8 Å². The minimum atomic E-state index is -2.50. The lowest BCUT2D eigenvalue weighted by molar-refractivity contribution is -0.120. The number of hydrogen-bond acceptors (Lipinski definition) is 5. The lowest BCUT2D eigenvalue weighted by Gasteiger charge is -2.28. The molecule has 0 bridgehead atoms. The molecule has 0 spiro atoms. The van der Waals surface area contributed by atoms with Crippen LogP contribution in [0.15, 0.2) is 0 Å². The Bertz CT molecular complexity index is 252. The molecule has 0 saturated carbocycles. The third kappa shape index (κ3) is 8.26. The normalized spacial score (nSPS) is 13.4. The molecule has 2 N–H and O–H groups in total. The highest BCUT2D eigenvalue weighted by Crippen LogP contribution is 2.20. The van der Waals surface area contributed by atoms with Crippen molar-refractivity contribution < 1.29 is 18.1 Å². The largest absolute Gasteiger partial charge is 0.500 e. The van der Waals surface area contributed by atoms with Gasteiger partial charge in [-0.3, -0.25) is 4.79 Å². The summed E-state index contributed by atoms with van der Waals surface area (Å²) in [6, 6.07) is 0.820. The first kappa shape index (κ1) is 19.9. The number of thioether (sulfide) groups is 1. The second-order valence-electron chi connectivity index (χ2n) is 4.46. The van der Waals surface area contributed by atoms with Gasteiger partial charge < -0.3 is 19.0 Å². The quantitative estimate of drug-likeness (QED) is 0.416. The lowest BCUT2D eigenvalue weighted by Crippen LogP contribution is -2.46. The van der Waals surface area contributed by atoms with E-state index in [0.717, 1.165) is 24.0 Å². The molecule has 120 valence electrons. The van der Waals surface area contributed by atoms with Gasteiger partial charge in [0.05, 0.1) is 0 Å². The first-order valence-corrected chi connectivity index (χ1v) is 10.4. The molecule has 7 heteroatoms. The molecule has 0 aliphatic heterocycles. The average Bonchev–Trinajstić information content (AvgIpc) is 2.39. The van der Waals surface area contributed by atoms with E-state index < -0.39 is 8.80 Å². The van der Waals surface area contributed by atoms with Gasteiger partial charge in [0.1, 0.15) is 0 Å². The van der Waals surface area contributed by atoms with Crippen molar-refractivity contribution in [3.63, 3.8) is 0 Å². The summed E-state index contributed by atoms with van der Waals surface area (Å²) in [6.45, 7) is 9.57. The fourth-order valence-corrected chi connectivity index (χ4v) is 5.64. The van der Waals surface area contributed by atoms with Crippen LogP contribution >= 0.6 is 11.8 Å². The summed E-state index contributed by atoms with van der Waals surface area (Å²) in [5.74, 6) is 1.41. The number of carbonyl (C=O) groups excluding carboxylic acids is 1. The third-order valence-corrected chi connectivity index (χ3v) is 7.18. The first-order chi connectivity index (χ1) is 9.51. The van der Waals surface area contributed by atoms with Crippen molar-refractivity contribution in [2.75, 3.05) is 31.3 Å². The van der Waals surface area contributed by atoms with Crippen LogP contribution in [0.3, 0.4) is 0 Å². The van der Waals surface area contributed by atoms with Crippen LogP contribution in [0.5, 0.6) is 0 Å². The van der Waals surface area contributed by atoms with Gasteiger partial charge in [-0.1, -0.05) is 6.92 Å². The lowest BCUT2D eigenvalue weighted by atomic mass is 10.2. The molecular formula is C13H29NO4SSi. The Morgan fingerprint density at radius 3 is 2.05 bits per heavy atom. The molecule has 20 heavy (non-hydrogen) atoms. The summed E-state index contributed by atoms with van der Waals surface area (Å²) < 4.78 is 17.4. The molecule has 0 aromatic heterocycles. The van der Waals surface area contributed by atoms with Crippen molar-refractivity contribution in [3.8, 4) is 0 Å². The van der Waals surface area contributed by atoms with Gasteiger partial charge in [0.2, 0.25) is 5.91 Å². The molecule has 0 heterocycles. The van der Waals surface area contributed by atoms with Crippen LogP contribution in [0.4, 0.5) is 0 Å². The maximum absolute atomic E-state index is 10.9. The van der Waals surface area contributed by atoms with Crippen molar-refractivity contribution >= 4 is 26.5 Å². The zero-order valence-corrected chi connectivity index (χ0v) is 15.0. The highest BCUT2D eigenvalue weighted by molar-refractivity contribution is 7.99. The molecule has 0 fully saturated rings. The van der Waals surface area contributed by atoms with E-state index in [1.165, 1.54) is 0 Å². The number of amides is 1. The summed E-state index contributed by atoms with van der Waals surface area (Å²) in [5.41, 5.74) is 5.23. The van der Waals surface area contributed by atoms with Gasteiger partial charge in [-0.2, -0.15) is 11.8 Å². The smallest absolute Gasteiger partial charge is 0.374 e. The Labute approximate surface area is 128 Å². The van der Waals surface area contributed by atoms with Gasteiger partial charge in [-0.15, -0.1) is 0 Å². The summed E-state index contributed by atoms with van der Waals surface area (Å²) in [7, 11) is -2.50. The third-order valence-electron chi connectivity index (χ3n) is 2.72. The summed E-state index contributed by atoms with van der Waals surface area (Å²) >= 11 is 1.74. The molecule has 0 aliphatic carbocycles. The summed E-state index contributed by atoms with van der Waals surface area (Å²) in [6.07, 6.45) is 0.961. The van der Waals surface area contributed by atoms with Crippen molar-refractivity contribution in [3.05, 3.63) is 0 Å². The number of primary amides is 1. The van der Waals surface area contributed by atoms with Crippen LogP contribution in [0.1, 0.15) is 34.1 Å². The average molecular weight is 324 g/mol. The Kier molecular flexibility index (Phi) is 11.5. The van der Waals surface area contributed by atoms with E-state index in [-0.39, 0.29) is 11.8 Å². The minimum absolute atomic E-state index is 0.0762. The number of rotatable bonds is 13. The van der Waals surface area contributed by atoms with E-state index >= 15 is 0 Å². The predicted octanol–water partition coefficient (Wildman–Crippen LogP) is 2.28. The molecule has 1 atom stereocenters. The first-order valence-electron chi connectivity index (χ1n) is 7.30. The molecule has 0 rings (SSSR count). The monoisotopic (exact) mass is 323 g/mol. The second kappa shape index (κ2) is 11.6. The van der Waals surface area contributed by atoms with Crippen molar-refractivity contribution in [1.82, 2.24) is 0 Å². The molecule has 5 nitrogen and oxygen atoms in total. The SMILES string of the molecule is CCO[Si](CCCSCC(C)C(N)=O)(OCC)OCC. The Balaban J connectivity index is 4.09. The molecule has 1 amide bonds. The van der Waals surface area contributed by atoms with Crippen molar-refractivity contribution in [2.24, 2.45) is 11.7 Å². The van der Waals surface area contributed by atoms with Crippen LogP contribution in [-0.4, -0.2) is 46.0 Å². The molecule has 0 aromatic rings. The zero-order chi connectivity index (χ0) is 15.4.